The summed E-state index contributed by atoms with van der Waals surface area (Å²) >= 11 is 1.70. The zero-order valence-electron chi connectivity index (χ0n) is 9.36. The number of carboxylic acids is 1. The van der Waals surface area contributed by atoms with Crippen LogP contribution in [0.15, 0.2) is 18.2 Å². The van der Waals surface area contributed by atoms with Gasteiger partial charge in [0, 0.05) is 11.8 Å². The Morgan fingerprint density at radius 1 is 1.62 bits per heavy atom. The van der Waals surface area contributed by atoms with Crippen molar-refractivity contribution >= 4 is 29.1 Å². The predicted octanol–water partition coefficient (Wildman–Crippen LogP) is 2.13. The third-order valence-corrected chi connectivity index (χ3v) is 2.97. The molecular weight excluding hydrogens is 224 g/mol. The highest BCUT2D eigenvalue weighted by atomic mass is 32.2. The van der Waals surface area contributed by atoms with Crippen LogP contribution in [0.5, 0.6) is 0 Å². The van der Waals surface area contributed by atoms with E-state index in [1.54, 1.807) is 30.0 Å². The molecule has 1 unspecified atom stereocenters. The van der Waals surface area contributed by atoms with Crippen molar-refractivity contribution in [2.75, 3.05) is 23.1 Å². The van der Waals surface area contributed by atoms with Gasteiger partial charge < -0.3 is 16.2 Å². The Balaban J connectivity index is 2.97. The summed E-state index contributed by atoms with van der Waals surface area (Å²) in [6, 6.07) is 5.06. The average molecular weight is 240 g/mol. The zero-order chi connectivity index (χ0) is 12.1. The second kappa shape index (κ2) is 5.65. The Hall–Kier alpha value is -1.36. The number of para-hydroxylation sites is 1. The van der Waals surface area contributed by atoms with Crippen molar-refractivity contribution in [1.29, 1.82) is 0 Å². The molecule has 88 valence electrons. The van der Waals surface area contributed by atoms with E-state index in [0.717, 1.165) is 5.75 Å². The molecule has 0 spiro atoms. The van der Waals surface area contributed by atoms with E-state index in [1.165, 1.54) is 0 Å². The normalized spacial score (nSPS) is 12.1. The summed E-state index contributed by atoms with van der Waals surface area (Å²) in [7, 11) is 0. The monoisotopic (exact) mass is 240 g/mol. The second-order valence-corrected chi connectivity index (χ2v) is 4.49. The molecule has 0 saturated heterocycles. The molecule has 4 N–H and O–H groups in total. The highest BCUT2D eigenvalue weighted by molar-refractivity contribution is 7.98. The zero-order valence-corrected chi connectivity index (χ0v) is 10.2. The molecule has 0 aromatic heterocycles. The first-order valence-electron chi connectivity index (χ1n) is 4.93. The number of rotatable bonds is 5. The molecule has 0 saturated carbocycles. The first-order valence-corrected chi connectivity index (χ1v) is 6.33. The summed E-state index contributed by atoms with van der Waals surface area (Å²) in [4.78, 5) is 11.0. The van der Waals surface area contributed by atoms with Gasteiger partial charge in [-0.3, -0.25) is 0 Å². The molecule has 1 aromatic carbocycles. The second-order valence-electron chi connectivity index (χ2n) is 3.58. The van der Waals surface area contributed by atoms with Crippen LogP contribution in [-0.2, 0) is 0 Å². The lowest BCUT2D eigenvalue weighted by Gasteiger charge is -2.17. The molecule has 5 heteroatoms. The summed E-state index contributed by atoms with van der Waals surface area (Å²) in [6.07, 6.45) is 2.00. The number of nitrogens with one attached hydrogen (secondary N) is 1. The molecule has 0 heterocycles. The van der Waals surface area contributed by atoms with Crippen LogP contribution < -0.4 is 11.1 Å². The van der Waals surface area contributed by atoms with Crippen LogP contribution in [0.2, 0.25) is 0 Å². The Morgan fingerprint density at radius 2 is 2.31 bits per heavy atom. The third-order valence-electron chi connectivity index (χ3n) is 2.13. The number of hydrogen-bond donors (Lipinski definition) is 3. The van der Waals surface area contributed by atoms with Gasteiger partial charge in [-0.25, -0.2) is 4.79 Å². The maximum absolute atomic E-state index is 11.0. The molecule has 0 aliphatic rings. The van der Waals surface area contributed by atoms with Crippen molar-refractivity contribution in [2.45, 2.75) is 13.0 Å². The quantitative estimate of drug-likeness (QED) is 0.687. The van der Waals surface area contributed by atoms with Gasteiger partial charge in [0.05, 0.1) is 16.9 Å². The van der Waals surface area contributed by atoms with Crippen LogP contribution in [0.3, 0.4) is 0 Å². The van der Waals surface area contributed by atoms with E-state index in [9.17, 15) is 4.79 Å². The molecule has 1 aromatic rings. The van der Waals surface area contributed by atoms with Gasteiger partial charge in [-0.15, -0.1) is 0 Å². The van der Waals surface area contributed by atoms with Gasteiger partial charge >= 0.3 is 5.97 Å². The topological polar surface area (TPSA) is 75.3 Å². The molecule has 4 nitrogen and oxygen atoms in total. The standard InChI is InChI=1S/C11H16N2O2S/c1-7(6-16-2)13-10-8(11(14)15)4-3-5-9(10)12/h3-5,7,13H,6,12H2,1-2H3,(H,14,15). The SMILES string of the molecule is CSCC(C)Nc1c(N)cccc1C(=O)O. The lowest BCUT2D eigenvalue weighted by atomic mass is 10.1. The number of carbonyl (C=O) groups is 1. The lowest BCUT2D eigenvalue weighted by Crippen LogP contribution is -2.20. The van der Waals surface area contributed by atoms with Crippen LogP contribution >= 0.6 is 11.8 Å². The van der Waals surface area contributed by atoms with Crippen molar-refractivity contribution in [3.8, 4) is 0 Å². The summed E-state index contributed by atoms with van der Waals surface area (Å²) in [5.74, 6) is -0.0703. The fourth-order valence-corrected chi connectivity index (χ4v) is 2.03. The van der Waals surface area contributed by atoms with Crippen molar-refractivity contribution < 1.29 is 9.90 Å². The van der Waals surface area contributed by atoms with Crippen LogP contribution in [0, 0.1) is 0 Å². The number of nitrogen functional groups attached to an aromatic ring is 1. The van der Waals surface area contributed by atoms with Crippen molar-refractivity contribution in [3.63, 3.8) is 0 Å². The predicted molar refractivity (Wildman–Crippen MR) is 69.3 cm³/mol. The first kappa shape index (κ1) is 12.7. The van der Waals surface area contributed by atoms with Gasteiger partial charge in [-0.2, -0.15) is 11.8 Å². The minimum Gasteiger partial charge on any atom is -0.478 e. The van der Waals surface area contributed by atoms with Gasteiger partial charge in [0.1, 0.15) is 0 Å². The highest BCUT2D eigenvalue weighted by Crippen LogP contribution is 2.24. The summed E-state index contributed by atoms with van der Waals surface area (Å²) in [6.45, 7) is 1.99. The molecule has 0 bridgehead atoms. The van der Waals surface area contributed by atoms with Gasteiger partial charge in [0.2, 0.25) is 0 Å². The largest absolute Gasteiger partial charge is 0.478 e. The number of thioether (sulfide) groups is 1. The number of benzene rings is 1. The minimum absolute atomic E-state index is 0.179. The van der Waals surface area contributed by atoms with Crippen molar-refractivity contribution in [2.24, 2.45) is 0 Å². The Kier molecular flexibility index (Phi) is 4.49. The molecule has 16 heavy (non-hydrogen) atoms. The smallest absolute Gasteiger partial charge is 0.337 e. The van der Waals surface area contributed by atoms with Crippen LogP contribution in [0.4, 0.5) is 11.4 Å². The summed E-state index contributed by atoms with van der Waals surface area (Å²) < 4.78 is 0. The molecule has 0 aliphatic heterocycles. The van der Waals surface area contributed by atoms with E-state index in [1.807, 2.05) is 13.2 Å². The number of anilines is 2. The van der Waals surface area contributed by atoms with E-state index in [2.05, 4.69) is 5.32 Å². The van der Waals surface area contributed by atoms with Gasteiger partial charge in [-0.1, -0.05) is 6.07 Å². The van der Waals surface area contributed by atoms with Crippen molar-refractivity contribution in [3.05, 3.63) is 23.8 Å². The maximum Gasteiger partial charge on any atom is 0.337 e. The lowest BCUT2D eigenvalue weighted by molar-refractivity contribution is 0.0698. The van der Waals surface area contributed by atoms with E-state index in [-0.39, 0.29) is 11.6 Å². The highest BCUT2D eigenvalue weighted by Gasteiger charge is 2.13. The molecule has 0 radical (unpaired) electrons. The number of hydrogen-bond acceptors (Lipinski definition) is 4. The van der Waals surface area contributed by atoms with Gasteiger partial charge in [-0.05, 0) is 25.3 Å². The number of nitrogens with two attached hydrogens (primary N) is 1. The van der Waals surface area contributed by atoms with Crippen LogP contribution in [0.1, 0.15) is 17.3 Å². The van der Waals surface area contributed by atoms with E-state index < -0.39 is 5.97 Å². The molecule has 0 fully saturated rings. The maximum atomic E-state index is 11.0. The Morgan fingerprint density at radius 3 is 2.88 bits per heavy atom. The summed E-state index contributed by atoms with van der Waals surface area (Å²) in [5, 5.41) is 12.2. The molecule has 0 aliphatic carbocycles. The van der Waals surface area contributed by atoms with Gasteiger partial charge in [0.15, 0.2) is 0 Å². The fraction of sp³-hybridized carbons (Fsp3) is 0.364. The van der Waals surface area contributed by atoms with E-state index in [4.69, 9.17) is 10.8 Å². The molecule has 1 rings (SSSR count). The molecule has 0 amide bonds. The Bertz CT molecular complexity index is 382. The number of aromatic carboxylic acids is 1. The Labute approximate surface area is 99.2 Å². The fourth-order valence-electron chi connectivity index (χ4n) is 1.45. The third kappa shape index (κ3) is 3.06. The van der Waals surface area contributed by atoms with Gasteiger partial charge in [0.25, 0.3) is 0 Å². The minimum atomic E-state index is -0.967. The average Bonchev–Trinajstić information content (AvgIpc) is 2.21. The van der Waals surface area contributed by atoms with E-state index in [0.29, 0.717) is 11.4 Å². The van der Waals surface area contributed by atoms with E-state index >= 15 is 0 Å². The summed E-state index contributed by atoms with van der Waals surface area (Å²) in [5.41, 5.74) is 6.96. The van der Waals surface area contributed by atoms with Crippen LogP contribution in [0.25, 0.3) is 0 Å². The first-order chi connectivity index (χ1) is 7.56. The number of carboxylic acid groups (broad SMARTS) is 1. The molecular formula is C11H16N2O2S. The van der Waals surface area contributed by atoms with Crippen LogP contribution in [-0.4, -0.2) is 29.1 Å². The molecule has 1 atom stereocenters. The van der Waals surface area contributed by atoms with Crippen molar-refractivity contribution in [1.82, 2.24) is 0 Å².